The topological polar surface area (TPSA) is 21.3 Å². The van der Waals surface area contributed by atoms with E-state index in [-0.39, 0.29) is 5.41 Å². The van der Waals surface area contributed by atoms with E-state index in [4.69, 9.17) is 4.74 Å². The fourth-order valence-electron chi connectivity index (χ4n) is 2.36. The Morgan fingerprint density at radius 2 is 1.75 bits per heavy atom. The Bertz CT molecular complexity index is 163. The van der Waals surface area contributed by atoms with Crippen LogP contribution in [-0.4, -0.2) is 26.3 Å². The lowest BCUT2D eigenvalue weighted by Crippen LogP contribution is -2.46. The van der Waals surface area contributed by atoms with Crippen LogP contribution >= 0.6 is 0 Å². The van der Waals surface area contributed by atoms with Gasteiger partial charge >= 0.3 is 0 Å². The summed E-state index contributed by atoms with van der Waals surface area (Å²) in [6, 6.07) is 0.474. The van der Waals surface area contributed by atoms with E-state index in [9.17, 15) is 0 Å². The summed E-state index contributed by atoms with van der Waals surface area (Å²) in [5.41, 5.74) is 0.202. The minimum atomic E-state index is 0.202. The third kappa shape index (κ3) is 5.86. The van der Waals surface area contributed by atoms with E-state index in [1.165, 1.54) is 32.1 Å². The van der Waals surface area contributed by atoms with E-state index in [1.807, 2.05) is 14.2 Å². The zero-order chi connectivity index (χ0) is 12.6. The molecule has 2 unspecified atom stereocenters. The molecule has 0 aromatic heterocycles. The highest BCUT2D eigenvalue weighted by Crippen LogP contribution is 2.26. The van der Waals surface area contributed by atoms with E-state index in [1.54, 1.807) is 0 Å². The molecule has 0 saturated carbocycles. The van der Waals surface area contributed by atoms with Crippen LogP contribution in [0.1, 0.15) is 59.8 Å². The molecule has 2 nitrogen and oxygen atoms in total. The van der Waals surface area contributed by atoms with Crippen molar-refractivity contribution in [3.05, 3.63) is 0 Å². The van der Waals surface area contributed by atoms with Gasteiger partial charge in [0.05, 0.1) is 6.10 Å². The van der Waals surface area contributed by atoms with Gasteiger partial charge in [0, 0.05) is 13.2 Å². The summed E-state index contributed by atoms with van der Waals surface area (Å²) in [6.07, 6.45) is 6.80. The lowest BCUT2D eigenvalue weighted by Gasteiger charge is -2.36. The monoisotopic (exact) mass is 229 g/mol. The highest BCUT2D eigenvalue weighted by molar-refractivity contribution is 4.85. The van der Waals surface area contributed by atoms with Crippen molar-refractivity contribution in [2.75, 3.05) is 14.2 Å². The van der Waals surface area contributed by atoms with Crippen LogP contribution in [-0.2, 0) is 4.74 Å². The molecule has 16 heavy (non-hydrogen) atoms. The number of methoxy groups -OCH3 is 1. The Morgan fingerprint density at radius 1 is 1.12 bits per heavy atom. The van der Waals surface area contributed by atoms with Gasteiger partial charge in [-0.15, -0.1) is 0 Å². The average molecular weight is 229 g/mol. The molecule has 0 radical (unpaired) electrons. The average Bonchev–Trinajstić information content (AvgIpc) is 2.20. The lowest BCUT2D eigenvalue weighted by atomic mass is 9.82. The molecule has 0 bridgehead atoms. The standard InChI is InChI=1S/C14H31NO/c1-7-8-9-10-11-12(15-5)13(16-6)14(2,3)4/h12-13,15H,7-11H2,1-6H3. The Kier molecular flexibility index (Phi) is 8.04. The zero-order valence-corrected chi connectivity index (χ0v) is 12.1. The van der Waals surface area contributed by atoms with Crippen LogP contribution in [0.3, 0.4) is 0 Å². The van der Waals surface area contributed by atoms with Crippen LogP contribution in [0.4, 0.5) is 0 Å². The first kappa shape index (κ1) is 15.9. The van der Waals surface area contributed by atoms with E-state index in [0.29, 0.717) is 12.1 Å². The second-order valence-electron chi connectivity index (χ2n) is 5.77. The van der Waals surface area contributed by atoms with Crippen LogP contribution in [0.2, 0.25) is 0 Å². The Balaban J connectivity index is 4.13. The maximum Gasteiger partial charge on any atom is 0.0772 e. The zero-order valence-electron chi connectivity index (χ0n) is 12.1. The molecule has 0 aliphatic rings. The van der Waals surface area contributed by atoms with Crippen LogP contribution in [0, 0.1) is 5.41 Å². The number of likely N-dealkylation sites (N-methyl/N-ethyl adjacent to an activating group) is 1. The van der Waals surface area contributed by atoms with Gasteiger partial charge in [-0.05, 0) is 18.9 Å². The van der Waals surface area contributed by atoms with Gasteiger partial charge in [-0.2, -0.15) is 0 Å². The summed E-state index contributed by atoms with van der Waals surface area (Å²) in [5.74, 6) is 0. The number of nitrogens with one attached hydrogen (secondary N) is 1. The van der Waals surface area contributed by atoms with E-state index < -0.39 is 0 Å². The van der Waals surface area contributed by atoms with Crippen molar-refractivity contribution < 1.29 is 4.74 Å². The van der Waals surface area contributed by atoms with Crippen LogP contribution < -0.4 is 5.32 Å². The van der Waals surface area contributed by atoms with Crippen molar-refractivity contribution >= 4 is 0 Å². The minimum absolute atomic E-state index is 0.202. The van der Waals surface area contributed by atoms with Gasteiger partial charge in [0.25, 0.3) is 0 Å². The summed E-state index contributed by atoms with van der Waals surface area (Å²) >= 11 is 0. The SMILES string of the molecule is CCCCCCC(NC)C(OC)C(C)(C)C. The number of hydrogen-bond acceptors (Lipinski definition) is 2. The molecule has 0 aliphatic carbocycles. The molecule has 0 spiro atoms. The van der Waals surface area contributed by atoms with Gasteiger partial charge in [-0.25, -0.2) is 0 Å². The number of rotatable bonds is 8. The molecule has 1 N–H and O–H groups in total. The van der Waals surface area contributed by atoms with Gasteiger partial charge < -0.3 is 10.1 Å². The second-order valence-corrected chi connectivity index (χ2v) is 5.77. The minimum Gasteiger partial charge on any atom is -0.379 e. The lowest BCUT2D eigenvalue weighted by molar-refractivity contribution is -0.0118. The molecule has 0 amide bonds. The molecule has 98 valence electrons. The smallest absolute Gasteiger partial charge is 0.0772 e. The van der Waals surface area contributed by atoms with Crippen molar-refractivity contribution in [1.29, 1.82) is 0 Å². The summed E-state index contributed by atoms with van der Waals surface area (Å²) in [6.45, 7) is 9.00. The summed E-state index contributed by atoms with van der Waals surface area (Å²) < 4.78 is 5.66. The van der Waals surface area contributed by atoms with Crippen molar-refractivity contribution in [1.82, 2.24) is 5.32 Å². The van der Waals surface area contributed by atoms with Crippen molar-refractivity contribution in [3.8, 4) is 0 Å². The maximum atomic E-state index is 5.66. The first-order valence-electron chi connectivity index (χ1n) is 6.67. The molecule has 0 fully saturated rings. The van der Waals surface area contributed by atoms with Gasteiger partial charge in [0.15, 0.2) is 0 Å². The Morgan fingerprint density at radius 3 is 2.12 bits per heavy atom. The van der Waals surface area contributed by atoms with Gasteiger partial charge in [0.2, 0.25) is 0 Å². The van der Waals surface area contributed by atoms with Crippen LogP contribution in [0.25, 0.3) is 0 Å². The third-order valence-electron chi connectivity index (χ3n) is 3.21. The Hall–Kier alpha value is -0.0800. The summed E-state index contributed by atoms with van der Waals surface area (Å²) in [5, 5.41) is 3.41. The third-order valence-corrected chi connectivity index (χ3v) is 3.21. The largest absolute Gasteiger partial charge is 0.379 e. The first-order chi connectivity index (χ1) is 7.47. The van der Waals surface area contributed by atoms with Crippen LogP contribution in [0.5, 0.6) is 0 Å². The number of unbranched alkanes of at least 4 members (excludes halogenated alkanes) is 3. The van der Waals surface area contributed by atoms with Crippen LogP contribution in [0.15, 0.2) is 0 Å². The number of hydrogen-bond donors (Lipinski definition) is 1. The fraction of sp³-hybridized carbons (Fsp3) is 1.00. The van der Waals surface area contributed by atoms with Gasteiger partial charge in [-0.1, -0.05) is 53.4 Å². The van der Waals surface area contributed by atoms with E-state index >= 15 is 0 Å². The molecule has 2 atom stereocenters. The second kappa shape index (κ2) is 8.08. The maximum absolute atomic E-state index is 5.66. The molecular formula is C14H31NO. The fourth-order valence-corrected chi connectivity index (χ4v) is 2.36. The first-order valence-corrected chi connectivity index (χ1v) is 6.67. The van der Waals surface area contributed by atoms with E-state index in [0.717, 1.165) is 0 Å². The molecule has 0 heterocycles. The molecule has 0 aliphatic heterocycles. The molecule has 0 saturated heterocycles. The normalized spacial score (nSPS) is 16.1. The van der Waals surface area contributed by atoms with Crippen molar-refractivity contribution in [3.63, 3.8) is 0 Å². The highest BCUT2D eigenvalue weighted by Gasteiger charge is 2.30. The van der Waals surface area contributed by atoms with Gasteiger partial charge in [-0.3, -0.25) is 0 Å². The Labute approximate surface area is 102 Å². The predicted molar refractivity (Wildman–Crippen MR) is 71.9 cm³/mol. The van der Waals surface area contributed by atoms with E-state index in [2.05, 4.69) is 33.0 Å². The summed E-state index contributed by atoms with van der Waals surface area (Å²) in [4.78, 5) is 0. The quantitative estimate of drug-likeness (QED) is 0.642. The van der Waals surface area contributed by atoms with Crippen molar-refractivity contribution in [2.24, 2.45) is 5.41 Å². The molecule has 0 aromatic carbocycles. The van der Waals surface area contributed by atoms with Gasteiger partial charge in [0.1, 0.15) is 0 Å². The summed E-state index contributed by atoms with van der Waals surface area (Å²) in [7, 11) is 3.87. The molecular weight excluding hydrogens is 198 g/mol. The molecule has 0 aromatic rings. The van der Waals surface area contributed by atoms with Crippen molar-refractivity contribution in [2.45, 2.75) is 71.9 Å². The predicted octanol–water partition coefficient (Wildman–Crippen LogP) is 3.61. The number of ether oxygens (including phenoxy) is 1. The molecule has 0 rings (SSSR count). The highest BCUT2D eigenvalue weighted by atomic mass is 16.5. The molecule has 2 heteroatoms.